The topological polar surface area (TPSA) is 26.3 Å². The first-order valence-corrected chi connectivity index (χ1v) is 4.81. The second-order valence-electron chi connectivity index (χ2n) is 2.39. The molecular formula is C7H11Cl3O2. The molecule has 0 aliphatic heterocycles. The number of hydrogen-bond donors (Lipinski definition) is 0. The number of unbranched alkanes of at least 4 members (excludes halogenated alkanes) is 2. The van der Waals surface area contributed by atoms with Crippen molar-refractivity contribution in [3.05, 3.63) is 0 Å². The van der Waals surface area contributed by atoms with E-state index in [0.717, 1.165) is 19.3 Å². The molecule has 0 heterocycles. The predicted octanol–water partition coefficient (Wildman–Crippen LogP) is 3.09. The van der Waals surface area contributed by atoms with Crippen LogP contribution in [-0.2, 0) is 9.53 Å². The van der Waals surface area contributed by atoms with Crippen molar-refractivity contribution in [3.8, 4) is 0 Å². The zero-order valence-corrected chi connectivity index (χ0v) is 8.83. The van der Waals surface area contributed by atoms with E-state index in [1.807, 2.05) is 0 Å². The highest BCUT2D eigenvalue weighted by molar-refractivity contribution is 6.67. The molecular weight excluding hydrogens is 222 g/mol. The molecule has 0 aromatic heterocycles. The van der Waals surface area contributed by atoms with E-state index in [9.17, 15) is 4.79 Å². The summed E-state index contributed by atoms with van der Waals surface area (Å²) in [5.41, 5.74) is 0. The summed E-state index contributed by atoms with van der Waals surface area (Å²) in [4.78, 5) is 9.71. The van der Waals surface area contributed by atoms with Crippen molar-refractivity contribution in [1.82, 2.24) is 0 Å². The Morgan fingerprint density at radius 2 is 1.83 bits per heavy atom. The summed E-state index contributed by atoms with van der Waals surface area (Å²) in [6, 6.07) is 0. The fourth-order valence-corrected chi connectivity index (χ4v) is 1.14. The zero-order chi connectivity index (χ0) is 9.45. The Morgan fingerprint density at radius 3 is 2.33 bits per heavy atom. The molecule has 0 amide bonds. The van der Waals surface area contributed by atoms with Gasteiger partial charge in [0, 0.05) is 0 Å². The molecule has 0 rings (SSSR count). The molecule has 0 aliphatic carbocycles. The van der Waals surface area contributed by atoms with Gasteiger partial charge < -0.3 is 4.74 Å². The Balaban J connectivity index is 3.06. The Morgan fingerprint density at radius 1 is 1.17 bits per heavy atom. The van der Waals surface area contributed by atoms with Crippen molar-refractivity contribution in [2.45, 2.75) is 29.5 Å². The lowest BCUT2D eigenvalue weighted by atomic mass is 10.2. The third-order valence-corrected chi connectivity index (χ3v) is 1.86. The van der Waals surface area contributed by atoms with Gasteiger partial charge in [-0.1, -0.05) is 34.8 Å². The molecule has 0 aromatic carbocycles. The number of ether oxygens (including phenoxy) is 1. The van der Waals surface area contributed by atoms with Crippen LogP contribution in [0, 0.1) is 0 Å². The zero-order valence-electron chi connectivity index (χ0n) is 6.56. The third kappa shape index (κ3) is 10.3. The summed E-state index contributed by atoms with van der Waals surface area (Å²) in [5.74, 6) is 0. The van der Waals surface area contributed by atoms with E-state index in [1.54, 1.807) is 0 Å². The lowest BCUT2D eigenvalue weighted by Gasteiger charge is -2.09. The first-order chi connectivity index (χ1) is 5.56. The number of carbonyl (C=O) groups excluding carboxylic acids is 1. The average Bonchev–Trinajstić information content (AvgIpc) is 1.94. The third-order valence-electron chi connectivity index (χ3n) is 1.29. The van der Waals surface area contributed by atoms with Crippen LogP contribution < -0.4 is 0 Å². The minimum absolute atomic E-state index is 0.439. The van der Waals surface area contributed by atoms with Crippen LogP contribution in [0.5, 0.6) is 0 Å². The molecule has 0 N–H and O–H groups in total. The second kappa shape index (κ2) is 6.81. The van der Waals surface area contributed by atoms with Gasteiger partial charge in [-0.3, -0.25) is 4.79 Å². The van der Waals surface area contributed by atoms with Crippen molar-refractivity contribution in [2.75, 3.05) is 6.61 Å². The SMILES string of the molecule is O=COCCCCCC(Cl)(Cl)Cl. The molecule has 0 saturated heterocycles. The highest BCUT2D eigenvalue weighted by Gasteiger charge is 2.17. The van der Waals surface area contributed by atoms with Gasteiger partial charge >= 0.3 is 0 Å². The van der Waals surface area contributed by atoms with Crippen molar-refractivity contribution < 1.29 is 9.53 Å². The van der Waals surface area contributed by atoms with Gasteiger partial charge in [0.05, 0.1) is 6.61 Å². The second-order valence-corrected chi connectivity index (χ2v) is 4.91. The molecule has 0 radical (unpaired) electrons. The van der Waals surface area contributed by atoms with Crippen molar-refractivity contribution in [1.29, 1.82) is 0 Å². The molecule has 0 atom stereocenters. The van der Waals surface area contributed by atoms with E-state index in [-0.39, 0.29) is 0 Å². The van der Waals surface area contributed by atoms with Crippen LogP contribution in [-0.4, -0.2) is 16.9 Å². The highest BCUT2D eigenvalue weighted by Crippen LogP contribution is 2.31. The normalized spacial score (nSPS) is 11.2. The minimum atomic E-state index is -1.15. The van der Waals surface area contributed by atoms with Crippen LogP contribution in [0.3, 0.4) is 0 Å². The van der Waals surface area contributed by atoms with Crippen LogP contribution in [0.1, 0.15) is 25.7 Å². The standard InChI is InChI=1S/C7H11Cl3O2/c8-7(9,10)4-2-1-3-5-12-6-11/h6H,1-5H2. The monoisotopic (exact) mass is 232 g/mol. The van der Waals surface area contributed by atoms with Gasteiger partial charge in [-0.15, -0.1) is 0 Å². The fraction of sp³-hybridized carbons (Fsp3) is 0.857. The molecule has 0 aromatic rings. The maximum absolute atomic E-state index is 9.71. The van der Waals surface area contributed by atoms with E-state index in [0.29, 0.717) is 19.5 Å². The number of carbonyl (C=O) groups is 1. The van der Waals surface area contributed by atoms with E-state index in [2.05, 4.69) is 4.74 Å². The van der Waals surface area contributed by atoms with Crippen LogP contribution in [0.15, 0.2) is 0 Å². The quantitative estimate of drug-likeness (QED) is 0.400. The van der Waals surface area contributed by atoms with Crippen LogP contribution in [0.25, 0.3) is 0 Å². The highest BCUT2D eigenvalue weighted by atomic mass is 35.6. The molecule has 2 nitrogen and oxygen atoms in total. The number of halogens is 3. The van der Waals surface area contributed by atoms with Gasteiger partial charge in [-0.25, -0.2) is 0 Å². The van der Waals surface area contributed by atoms with E-state index < -0.39 is 3.79 Å². The van der Waals surface area contributed by atoms with Crippen molar-refractivity contribution >= 4 is 41.3 Å². The minimum Gasteiger partial charge on any atom is -0.468 e. The maximum Gasteiger partial charge on any atom is 0.293 e. The Labute approximate surface area is 87.1 Å². The van der Waals surface area contributed by atoms with Gasteiger partial charge in [-0.2, -0.15) is 0 Å². The van der Waals surface area contributed by atoms with Gasteiger partial charge in [0.25, 0.3) is 6.47 Å². The predicted molar refractivity (Wildman–Crippen MR) is 50.8 cm³/mol. The van der Waals surface area contributed by atoms with Crippen LogP contribution in [0.4, 0.5) is 0 Å². The van der Waals surface area contributed by atoms with Crippen LogP contribution in [0.2, 0.25) is 0 Å². The summed E-state index contributed by atoms with van der Waals surface area (Å²) < 4.78 is 3.34. The van der Waals surface area contributed by atoms with Gasteiger partial charge in [0.2, 0.25) is 0 Å². The average molecular weight is 234 g/mol. The lowest BCUT2D eigenvalue weighted by molar-refractivity contribution is -0.128. The van der Waals surface area contributed by atoms with Gasteiger partial charge in [0.1, 0.15) is 0 Å². The molecule has 0 saturated carbocycles. The molecule has 0 aliphatic rings. The smallest absolute Gasteiger partial charge is 0.293 e. The van der Waals surface area contributed by atoms with Crippen molar-refractivity contribution in [2.24, 2.45) is 0 Å². The molecule has 0 fully saturated rings. The summed E-state index contributed by atoms with van der Waals surface area (Å²) in [5, 5.41) is 0. The number of hydrogen-bond acceptors (Lipinski definition) is 2. The number of rotatable bonds is 6. The summed E-state index contributed by atoms with van der Waals surface area (Å²) in [6.07, 6.45) is 3.10. The van der Waals surface area contributed by atoms with E-state index in [1.165, 1.54) is 0 Å². The molecule has 0 unspecified atom stereocenters. The number of alkyl halides is 3. The maximum atomic E-state index is 9.71. The molecule has 5 heteroatoms. The Bertz CT molecular complexity index is 122. The van der Waals surface area contributed by atoms with Crippen LogP contribution >= 0.6 is 34.8 Å². The summed E-state index contributed by atoms with van der Waals surface area (Å²) in [7, 11) is 0. The summed E-state index contributed by atoms with van der Waals surface area (Å²) >= 11 is 16.6. The van der Waals surface area contributed by atoms with Crippen molar-refractivity contribution in [3.63, 3.8) is 0 Å². The largest absolute Gasteiger partial charge is 0.468 e. The Kier molecular flexibility index (Phi) is 7.01. The van der Waals surface area contributed by atoms with E-state index >= 15 is 0 Å². The van der Waals surface area contributed by atoms with Gasteiger partial charge in [0.15, 0.2) is 3.79 Å². The molecule has 0 bridgehead atoms. The molecule has 12 heavy (non-hydrogen) atoms. The summed E-state index contributed by atoms with van der Waals surface area (Å²) in [6.45, 7) is 0.887. The fourth-order valence-electron chi connectivity index (χ4n) is 0.736. The first-order valence-electron chi connectivity index (χ1n) is 3.68. The lowest BCUT2D eigenvalue weighted by Crippen LogP contribution is -2.01. The van der Waals surface area contributed by atoms with E-state index in [4.69, 9.17) is 34.8 Å². The molecule has 0 spiro atoms. The van der Waals surface area contributed by atoms with Gasteiger partial charge in [-0.05, 0) is 25.7 Å². The Hall–Kier alpha value is 0.340. The molecule has 72 valence electrons. The first kappa shape index (κ1) is 12.3.